The quantitative estimate of drug-likeness (QED) is 0.358. The van der Waals surface area contributed by atoms with Crippen LogP contribution in [0.15, 0.2) is 43.0 Å². The number of aliphatic carboxylic acids is 1. The molecular weight excluding hydrogens is 374 g/mol. The minimum absolute atomic E-state index is 0.509. The van der Waals surface area contributed by atoms with Crippen LogP contribution in [0.5, 0.6) is 0 Å². The summed E-state index contributed by atoms with van der Waals surface area (Å²) in [5.74, 6) is 0.0630. The number of nitrogens with one attached hydrogen (secondary N) is 3. The first-order chi connectivity index (χ1) is 14.1. The first kappa shape index (κ1) is 16.9. The maximum Gasteiger partial charge on any atom is 0.328 e. The number of fused-ring (bicyclic) bond motifs is 2. The molecule has 4 heterocycles. The molecule has 0 saturated heterocycles. The number of hydrogen-bond acceptors (Lipinski definition) is 7. The molecule has 0 aliphatic rings. The largest absolute Gasteiger partial charge is 0.480 e. The Morgan fingerprint density at radius 2 is 2.03 bits per heavy atom. The molecule has 0 amide bonds. The van der Waals surface area contributed by atoms with Gasteiger partial charge in [0.25, 0.3) is 0 Å². The van der Waals surface area contributed by atoms with Crippen LogP contribution in [0.1, 0.15) is 13.0 Å². The molecule has 11 nitrogen and oxygen atoms in total. The maximum atomic E-state index is 11.2. The molecule has 1 unspecified atom stereocenters. The number of carboxylic acid groups (broad SMARTS) is 1. The van der Waals surface area contributed by atoms with Gasteiger partial charge < -0.3 is 10.4 Å². The van der Waals surface area contributed by atoms with Crippen molar-refractivity contribution >= 4 is 39.4 Å². The molecule has 5 rings (SSSR count). The fraction of sp³-hybridized carbons (Fsp3) is 0.111. The van der Waals surface area contributed by atoms with E-state index in [0.717, 1.165) is 16.5 Å². The van der Waals surface area contributed by atoms with Crippen LogP contribution in [-0.4, -0.2) is 51.2 Å². The van der Waals surface area contributed by atoms with Crippen LogP contribution < -0.4 is 5.32 Å². The third-order valence-electron chi connectivity index (χ3n) is 4.62. The SMILES string of the molecule is CC(C(=O)O)n1cc(Nc2nc(-c3ccc4cn[nH]c4c3)nc3cn[nH]c23)cn1. The van der Waals surface area contributed by atoms with Crippen molar-refractivity contribution in [1.82, 2.24) is 40.1 Å². The van der Waals surface area contributed by atoms with Gasteiger partial charge in [0, 0.05) is 17.1 Å². The van der Waals surface area contributed by atoms with Crippen LogP contribution in [-0.2, 0) is 4.79 Å². The maximum absolute atomic E-state index is 11.2. The normalized spacial score (nSPS) is 12.4. The number of aromatic amines is 2. The van der Waals surface area contributed by atoms with E-state index in [1.165, 1.54) is 4.68 Å². The zero-order chi connectivity index (χ0) is 20.0. The van der Waals surface area contributed by atoms with Crippen molar-refractivity contribution < 1.29 is 9.90 Å². The Kier molecular flexibility index (Phi) is 3.72. The summed E-state index contributed by atoms with van der Waals surface area (Å²) in [6.45, 7) is 1.56. The van der Waals surface area contributed by atoms with E-state index in [0.29, 0.717) is 28.4 Å². The van der Waals surface area contributed by atoms with Crippen molar-refractivity contribution in [3.05, 3.63) is 43.0 Å². The van der Waals surface area contributed by atoms with Gasteiger partial charge in [-0.2, -0.15) is 15.3 Å². The predicted molar refractivity (Wildman–Crippen MR) is 105 cm³/mol. The van der Waals surface area contributed by atoms with E-state index in [4.69, 9.17) is 5.11 Å². The van der Waals surface area contributed by atoms with Gasteiger partial charge in [-0.3, -0.25) is 14.9 Å². The van der Waals surface area contributed by atoms with Gasteiger partial charge in [-0.05, 0) is 13.0 Å². The lowest BCUT2D eigenvalue weighted by atomic mass is 10.1. The average Bonchev–Trinajstić information content (AvgIpc) is 3.46. The lowest BCUT2D eigenvalue weighted by molar-refractivity contribution is -0.140. The smallest absolute Gasteiger partial charge is 0.328 e. The summed E-state index contributed by atoms with van der Waals surface area (Å²) in [6, 6.07) is 5.02. The minimum Gasteiger partial charge on any atom is -0.480 e. The molecule has 0 saturated carbocycles. The molecule has 0 fully saturated rings. The number of carbonyl (C=O) groups is 1. The summed E-state index contributed by atoms with van der Waals surface area (Å²) in [7, 11) is 0. The van der Waals surface area contributed by atoms with Crippen LogP contribution >= 0.6 is 0 Å². The molecule has 0 aliphatic carbocycles. The summed E-state index contributed by atoms with van der Waals surface area (Å²) >= 11 is 0. The van der Waals surface area contributed by atoms with E-state index >= 15 is 0 Å². The fourth-order valence-electron chi connectivity index (χ4n) is 3.00. The van der Waals surface area contributed by atoms with Gasteiger partial charge in [0.2, 0.25) is 0 Å². The molecule has 144 valence electrons. The first-order valence-electron chi connectivity index (χ1n) is 8.77. The molecule has 0 spiro atoms. The van der Waals surface area contributed by atoms with Gasteiger partial charge >= 0.3 is 5.97 Å². The molecular formula is C18H15N9O2. The lowest BCUT2D eigenvalue weighted by Crippen LogP contribution is -2.15. The Balaban J connectivity index is 1.55. The van der Waals surface area contributed by atoms with Gasteiger partial charge in [0.15, 0.2) is 11.6 Å². The Morgan fingerprint density at radius 3 is 2.90 bits per heavy atom. The average molecular weight is 389 g/mol. The van der Waals surface area contributed by atoms with Crippen LogP contribution in [0.25, 0.3) is 33.3 Å². The monoisotopic (exact) mass is 389 g/mol. The highest BCUT2D eigenvalue weighted by Gasteiger charge is 2.16. The zero-order valence-corrected chi connectivity index (χ0v) is 15.2. The summed E-state index contributed by atoms with van der Waals surface area (Å²) in [5.41, 5.74) is 3.59. The summed E-state index contributed by atoms with van der Waals surface area (Å²) < 4.78 is 1.36. The number of aromatic nitrogens is 8. The minimum atomic E-state index is -0.964. The van der Waals surface area contributed by atoms with E-state index in [1.54, 1.807) is 31.7 Å². The number of carboxylic acids is 1. The highest BCUT2D eigenvalue weighted by molar-refractivity contribution is 5.89. The van der Waals surface area contributed by atoms with E-state index in [-0.39, 0.29) is 0 Å². The lowest BCUT2D eigenvalue weighted by Gasteiger charge is -2.08. The van der Waals surface area contributed by atoms with Gasteiger partial charge in [0.1, 0.15) is 17.1 Å². The standard InChI is InChI=1S/C18H15N9O2/c1-9(18(28)29)27-8-12(6-21-27)22-17-15-14(7-20-26-15)23-16(24-17)10-2-3-11-5-19-25-13(11)4-10/h2-9H,1H3,(H,19,25)(H,20,26)(H,28,29)(H,22,23,24). The van der Waals surface area contributed by atoms with Crippen molar-refractivity contribution in [2.75, 3.05) is 5.32 Å². The third-order valence-corrected chi connectivity index (χ3v) is 4.62. The molecule has 0 bridgehead atoms. The second-order valence-electron chi connectivity index (χ2n) is 6.55. The van der Waals surface area contributed by atoms with Gasteiger partial charge in [0.05, 0.1) is 29.8 Å². The number of H-pyrrole nitrogens is 2. The van der Waals surface area contributed by atoms with Crippen LogP contribution in [0.4, 0.5) is 11.5 Å². The Morgan fingerprint density at radius 1 is 1.17 bits per heavy atom. The number of benzene rings is 1. The van der Waals surface area contributed by atoms with Gasteiger partial charge in [-0.1, -0.05) is 12.1 Å². The van der Waals surface area contributed by atoms with Crippen molar-refractivity contribution in [2.45, 2.75) is 13.0 Å². The number of nitrogens with zero attached hydrogens (tertiary/aromatic N) is 6. The van der Waals surface area contributed by atoms with Crippen molar-refractivity contribution in [3.63, 3.8) is 0 Å². The molecule has 1 atom stereocenters. The fourth-order valence-corrected chi connectivity index (χ4v) is 3.00. The number of anilines is 2. The van der Waals surface area contributed by atoms with E-state index < -0.39 is 12.0 Å². The number of hydrogen-bond donors (Lipinski definition) is 4. The summed E-state index contributed by atoms with van der Waals surface area (Å²) in [6.07, 6.45) is 6.53. The zero-order valence-electron chi connectivity index (χ0n) is 15.2. The Labute approximate surface area is 162 Å². The summed E-state index contributed by atoms with van der Waals surface area (Å²) in [5, 5.41) is 31.3. The van der Waals surface area contributed by atoms with Crippen LogP contribution in [0.3, 0.4) is 0 Å². The topological polar surface area (TPSA) is 150 Å². The molecule has 4 aromatic heterocycles. The molecule has 11 heteroatoms. The van der Waals surface area contributed by atoms with Crippen LogP contribution in [0.2, 0.25) is 0 Å². The van der Waals surface area contributed by atoms with Gasteiger partial charge in [-0.25, -0.2) is 14.8 Å². The molecule has 0 radical (unpaired) electrons. The molecule has 1 aromatic carbocycles. The highest BCUT2D eigenvalue weighted by atomic mass is 16.4. The Bertz CT molecular complexity index is 1350. The summed E-state index contributed by atoms with van der Waals surface area (Å²) in [4.78, 5) is 20.4. The molecule has 5 aromatic rings. The van der Waals surface area contributed by atoms with Crippen molar-refractivity contribution in [1.29, 1.82) is 0 Å². The van der Waals surface area contributed by atoms with Crippen molar-refractivity contribution in [3.8, 4) is 11.4 Å². The Hall–Kier alpha value is -4.28. The first-order valence-corrected chi connectivity index (χ1v) is 8.77. The van der Waals surface area contributed by atoms with E-state index in [9.17, 15) is 4.79 Å². The van der Waals surface area contributed by atoms with Crippen molar-refractivity contribution in [2.24, 2.45) is 0 Å². The number of rotatable bonds is 5. The molecule has 29 heavy (non-hydrogen) atoms. The molecule has 4 N–H and O–H groups in total. The van der Waals surface area contributed by atoms with E-state index in [2.05, 4.69) is 40.8 Å². The second kappa shape index (κ2) is 6.41. The predicted octanol–water partition coefficient (Wildman–Crippen LogP) is 2.48. The van der Waals surface area contributed by atoms with E-state index in [1.807, 2.05) is 18.2 Å². The third kappa shape index (κ3) is 2.94. The second-order valence-corrected chi connectivity index (χ2v) is 6.55. The van der Waals surface area contributed by atoms with Crippen LogP contribution in [0, 0.1) is 0 Å². The van der Waals surface area contributed by atoms with Gasteiger partial charge in [-0.15, -0.1) is 0 Å². The highest BCUT2D eigenvalue weighted by Crippen LogP contribution is 2.27. The molecule has 0 aliphatic heterocycles.